The normalized spacial score (nSPS) is 13.1. The van der Waals surface area contributed by atoms with Gasteiger partial charge in [-0.05, 0) is 24.3 Å². The van der Waals surface area contributed by atoms with Crippen LogP contribution in [0.5, 0.6) is 0 Å². The molecule has 6 heteroatoms. The maximum absolute atomic E-state index is 12.6. The standard InChI is InChI=1S/C18H16N2O4/c1-24-11-10-19-16(21)14-8-4-5-9-15(14)20-17(22)12-6-2-3-7-13(12)18(20)23/h2-9H,10-11H2,1H3,(H,19,21). The Morgan fingerprint density at radius 3 is 2.21 bits per heavy atom. The maximum Gasteiger partial charge on any atom is 0.266 e. The van der Waals surface area contributed by atoms with Gasteiger partial charge < -0.3 is 10.1 Å². The van der Waals surface area contributed by atoms with E-state index in [9.17, 15) is 14.4 Å². The van der Waals surface area contributed by atoms with E-state index < -0.39 is 11.8 Å². The molecule has 0 bridgehead atoms. The van der Waals surface area contributed by atoms with Crippen molar-refractivity contribution in [2.24, 2.45) is 0 Å². The molecule has 0 spiro atoms. The summed E-state index contributed by atoms with van der Waals surface area (Å²) < 4.78 is 4.90. The van der Waals surface area contributed by atoms with Gasteiger partial charge in [0.25, 0.3) is 17.7 Å². The molecule has 0 fully saturated rings. The monoisotopic (exact) mass is 324 g/mol. The smallest absolute Gasteiger partial charge is 0.266 e. The second-order valence-corrected chi connectivity index (χ2v) is 5.26. The van der Waals surface area contributed by atoms with Gasteiger partial charge in [-0.1, -0.05) is 24.3 Å². The lowest BCUT2D eigenvalue weighted by atomic mass is 10.1. The number of nitrogens with one attached hydrogen (secondary N) is 1. The molecule has 6 nitrogen and oxygen atoms in total. The molecule has 1 heterocycles. The summed E-state index contributed by atoms with van der Waals surface area (Å²) in [6.07, 6.45) is 0. The van der Waals surface area contributed by atoms with E-state index in [1.807, 2.05) is 0 Å². The Hall–Kier alpha value is -2.99. The Morgan fingerprint density at radius 1 is 1.00 bits per heavy atom. The van der Waals surface area contributed by atoms with Gasteiger partial charge in [0, 0.05) is 13.7 Å². The van der Waals surface area contributed by atoms with Gasteiger partial charge >= 0.3 is 0 Å². The highest BCUT2D eigenvalue weighted by Crippen LogP contribution is 2.30. The number of para-hydroxylation sites is 1. The summed E-state index contributed by atoms with van der Waals surface area (Å²) in [5.41, 5.74) is 1.23. The average Bonchev–Trinajstić information content (AvgIpc) is 2.86. The zero-order valence-electron chi connectivity index (χ0n) is 13.1. The van der Waals surface area contributed by atoms with Crippen molar-refractivity contribution in [1.29, 1.82) is 0 Å². The Bertz CT molecular complexity index is 781. The fourth-order valence-corrected chi connectivity index (χ4v) is 2.63. The van der Waals surface area contributed by atoms with E-state index in [0.29, 0.717) is 24.3 Å². The van der Waals surface area contributed by atoms with Crippen LogP contribution in [-0.2, 0) is 4.74 Å². The topological polar surface area (TPSA) is 75.7 Å². The number of nitrogens with zero attached hydrogens (tertiary/aromatic N) is 1. The summed E-state index contributed by atoms with van der Waals surface area (Å²) >= 11 is 0. The fourth-order valence-electron chi connectivity index (χ4n) is 2.63. The minimum atomic E-state index is -0.423. The highest BCUT2D eigenvalue weighted by Gasteiger charge is 2.37. The van der Waals surface area contributed by atoms with Crippen molar-refractivity contribution >= 4 is 23.4 Å². The molecular formula is C18H16N2O4. The summed E-state index contributed by atoms with van der Waals surface area (Å²) in [7, 11) is 1.54. The van der Waals surface area contributed by atoms with Crippen molar-refractivity contribution in [2.75, 3.05) is 25.2 Å². The SMILES string of the molecule is COCCNC(=O)c1ccccc1N1C(=O)c2ccccc2C1=O. The number of fused-ring (bicyclic) bond motifs is 1. The summed E-state index contributed by atoms with van der Waals surface area (Å²) in [6.45, 7) is 0.715. The van der Waals surface area contributed by atoms with Crippen LogP contribution >= 0.6 is 0 Å². The first kappa shape index (κ1) is 15.9. The highest BCUT2D eigenvalue weighted by molar-refractivity contribution is 6.35. The quantitative estimate of drug-likeness (QED) is 0.673. The molecule has 0 saturated carbocycles. The van der Waals surface area contributed by atoms with Crippen LogP contribution in [0, 0.1) is 0 Å². The van der Waals surface area contributed by atoms with Gasteiger partial charge in [0.1, 0.15) is 0 Å². The number of carbonyl (C=O) groups is 3. The summed E-state index contributed by atoms with van der Waals surface area (Å²) in [4.78, 5) is 38.6. The number of carbonyl (C=O) groups excluding carboxylic acids is 3. The number of hydrogen-bond donors (Lipinski definition) is 1. The van der Waals surface area contributed by atoms with Crippen molar-refractivity contribution < 1.29 is 19.1 Å². The lowest BCUT2D eigenvalue weighted by molar-refractivity contribution is 0.0926. The lowest BCUT2D eigenvalue weighted by Crippen LogP contribution is -2.33. The molecule has 2 aromatic rings. The Balaban J connectivity index is 1.95. The van der Waals surface area contributed by atoms with Gasteiger partial charge in [0.05, 0.1) is 29.0 Å². The first-order chi connectivity index (χ1) is 11.6. The number of anilines is 1. The maximum atomic E-state index is 12.6. The van der Waals surface area contributed by atoms with E-state index in [4.69, 9.17) is 4.74 Å². The van der Waals surface area contributed by atoms with Crippen molar-refractivity contribution in [3.05, 3.63) is 65.2 Å². The number of methoxy groups -OCH3 is 1. The zero-order chi connectivity index (χ0) is 17.1. The molecule has 122 valence electrons. The molecule has 0 aliphatic carbocycles. The number of hydrogen-bond acceptors (Lipinski definition) is 4. The first-order valence-electron chi connectivity index (χ1n) is 7.49. The third-order valence-corrected chi connectivity index (χ3v) is 3.78. The molecule has 2 aromatic carbocycles. The Labute approximate surface area is 139 Å². The minimum Gasteiger partial charge on any atom is -0.383 e. The predicted octanol–water partition coefficient (Wildman–Crippen LogP) is 1.86. The number of imide groups is 1. The van der Waals surface area contributed by atoms with E-state index in [1.165, 1.54) is 0 Å². The molecule has 0 unspecified atom stereocenters. The molecule has 1 N–H and O–H groups in total. The molecule has 0 aromatic heterocycles. The van der Waals surface area contributed by atoms with E-state index >= 15 is 0 Å². The Morgan fingerprint density at radius 2 is 1.58 bits per heavy atom. The van der Waals surface area contributed by atoms with Crippen LogP contribution in [0.1, 0.15) is 31.1 Å². The highest BCUT2D eigenvalue weighted by atomic mass is 16.5. The molecule has 0 atom stereocenters. The van der Waals surface area contributed by atoms with Gasteiger partial charge in [-0.2, -0.15) is 0 Å². The van der Waals surface area contributed by atoms with Crippen LogP contribution in [0.15, 0.2) is 48.5 Å². The van der Waals surface area contributed by atoms with Crippen LogP contribution in [0.4, 0.5) is 5.69 Å². The van der Waals surface area contributed by atoms with E-state index in [-0.39, 0.29) is 17.2 Å². The molecule has 3 amide bonds. The van der Waals surface area contributed by atoms with Gasteiger partial charge in [-0.15, -0.1) is 0 Å². The van der Waals surface area contributed by atoms with Crippen LogP contribution in [0.2, 0.25) is 0 Å². The minimum absolute atomic E-state index is 0.267. The molecule has 0 radical (unpaired) electrons. The fraction of sp³-hybridized carbons (Fsp3) is 0.167. The molecule has 24 heavy (non-hydrogen) atoms. The molecular weight excluding hydrogens is 308 g/mol. The zero-order valence-corrected chi connectivity index (χ0v) is 13.1. The third kappa shape index (κ3) is 2.68. The lowest BCUT2D eigenvalue weighted by Gasteiger charge is -2.17. The third-order valence-electron chi connectivity index (χ3n) is 3.78. The van der Waals surface area contributed by atoms with E-state index in [1.54, 1.807) is 55.6 Å². The molecule has 1 aliphatic heterocycles. The van der Waals surface area contributed by atoms with Gasteiger partial charge in [-0.25, -0.2) is 4.90 Å². The summed E-state index contributed by atoms with van der Waals surface area (Å²) in [6, 6.07) is 13.2. The summed E-state index contributed by atoms with van der Waals surface area (Å²) in [5.74, 6) is -1.21. The van der Waals surface area contributed by atoms with Crippen LogP contribution in [0.25, 0.3) is 0 Å². The summed E-state index contributed by atoms with van der Waals surface area (Å²) in [5, 5.41) is 2.70. The van der Waals surface area contributed by atoms with Crippen molar-refractivity contribution in [1.82, 2.24) is 5.32 Å². The van der Waals surface area contributed by atoms with Crippen LogP contribution in [0.3, 0.4) is 0 Å². The first-order valence-corrected chi connectivity index (χ1v) is 7.49. The van der Waals surface area contributed by atoms with Crippen LogP contribution < -0.4 is 10.2 Å². The predicted molar refractivity (Wildman–Crippen MR) is 88.2 cm³/mol. The second-order valence-electron chi connectivity index (χ2n) is 5.26. The van der Waals surface area contributed by atoms with Crippen molar-refractivity contribution in [3.8, 4) is 0 Å². The number of rotatable bonds is 5. The molecule has 1 aliphatic rings. The number of benzene rings is 2. The van der Waals surface area contributed by atoms with Crippen LogP contribution in [-0.4, -0.2) is 38.0 Å². The van der Waals surface area contributed by atoms with Gasteiger partial charge in [-0.3, -0.25) is 14.4 Å². The van der Waals surface area contributed by atoms with Crippen molar-refractivity contribution in [3.63, 3.8) is 0 Å². The molecule has 3 rings (SSSR count). The number of amides is 3. The molecule has 0 saturated heterocycles. The largest absolute Gasteiger partial charge is 0.383 e. The van der Waals surface area contributed by atoms with E-state index in [2.05, 4.69) is 5.32 Å². The second kappa shape index (κ2) is 6.64. The van der Waals surface area contributed by atoms with Gasteiger partial charge in [0.15, 0.2) is 0 Å². The van der Waals surface area contributed by atoms with Gasteiger partial charge in [0.2, 0.25) is 0 Å². The number of ether oxygens (including phenoxy) is 1. The Kier molecular flexibility index (Phi) is 4.39. The average molecular weight is 324 g/mol. The van der Waals surface area contributed by atoms with E-state index in [0.717, 1.165) is 4.90 Å². The van der Waals surface area contributed by atoms with Crippen molar-refractivity contribution in [2.45, 2.75) is 0 Å².